The van der Waals surface area contributed by atoms with Gasteiger partial charge < -0.3 is 4.57 Å². The number of ketones is 1. The van der Waals surface area contributed by atoms with Crippen LogP contribution >= 0.6 is 11.8 Å². The predicted molar refractivity (Wildman–Crippen MR) is 100 cm³/mol. The Hall–Kier alpha value is -1.87. The standard InChI is InChI=1S/C17H20N4O3S2/c1-26(23,24)21-8-2-3-12-9-13(4-7-15(12)21)16(22)10-25-17-19-18-11-20(17)14-5-6-14/h4,7,9,11,14H,2-3,5-6,8,10H2,1H3. The summed E-state index contributed by atoms with van der Waals surface area (Å²) < 4.78 is 27.3. The van der Waals surface area contributed by atoms with E-state index in [1.807, 2.05) is 10.6 Å². The summed E-state index contributed by atoms with van der Waals surface area (Å²) in [5.74, 6) is 0.305. The molecule has 0 radical (unpaired) electrons. The fourth-order valence-corrected chi connectivity index (χ4v) is 5.11. The van der Waals surface area contributed by atoms with Gasteiger partial charge in [0.05, 0.1) is 17.7 Å². The Morgan fingerprint density at radius 3 is 2.88 bits per heavy atom. The highest BCUT2D eigenvalue weighted by molar-refractivity contribution is 7.99. The second-order valence-corrected chi connectivity index (χ2v) is 9.60. The number of anilines is 1. The number of sulfonamides is 1. The fraction of sp³-hybridized carbons (Fsp3) is 0.471. The summed E-state index contributed by atoms with van der Waals surface area (Å²) in [5.41, 5.74) is 2.22. The van der Waals surface area contributed by atoms with Crippen molar-refractivity contribution in [2.75, 3.05) is 22.9 Å². The van der Waals surface area contributed by atoms with Crippen LogP contribution in [0.3, 0.4) is 0 Å². The molecule has 26 heavy (non-hydrogen) atoms. The minimum Gasteiger partial charge on any atom is -0.306 e. The lowest BCUT2D eigenvalue weighted by Gasteiger charge is -2.29. The van der Waals surface area contributed by atoms with Gasteiger partial charge in [0.1, 0.15) is 6.33 Å². The molecule has 0 saturated heterocycles. The molecule has 0 unspecified atom stereocenters. The van der Waals surface area contributed by atoms with E-state index in [-0.39, 0.29) is 5.78 Å². The average Bonchev–Trinajstić information content (AvgIpc) is 3.35. The Morgan fingerprint density at radius 1 is 1.35 bits per heavy atom. The molecule has 0 atom stereocenters. The van der Waals surface area contributed by atoms with Gasteiger partial charge in [0.15, 0.2) is 10.9 Å². The van der Waals surface area contributed by atoms with Crippen LogP contribution in [0.15, 0.2) is 29.7 Å². The molecular weight excluding hydrogens is 372 g/mol. The maximum atomic E-state index is 12.6. The first-order chi connectivity index (χ1) is 12.4. The molecule has 7 nitrogen and oxygen atoms in total. The quantitative estimate of drug-likeness (QED) is 0.554. The minimum atomic E-state index is -3.29. The number of Topliss-reactive ketones (excluding diaryl/α,β-unsaturated/α-hetero) is 1. The Labute approximate surface area is 156 Å². The van der Waals surface area contributed by atoms with Crippen LogP contribution in [0, 0.1) is 0 Å². The topological polar surface area (TPSA) is 85.2 Å². The highest BCUT2D eigenvalue weighted by atomic mass is 32.2. The largest absolute Gasteiger partial charge is 0.306 e. The normalized spacial score (nSPS) is 17.2. The van der Waals surface area contributed by atoms with Gasteiger partial charge in [-0.3, -0.25) is 9.10 Å². The van der Waals surface area contributed by atoms with Crippen LogP contribution in [0.1, 0.15) is 41.2 Å². The zero-order chi connectivity index (χ0) is 18.3. The van der Waals surface area contributed by atoms with Gasteiger partial charge in [0.2, 0.25) is 10.0 Å². The van der Waals surface area contributed by atoms with Crippen molar-refractivity contribution in [3.8, 4) is 0 Å². The van der Waals surface area contributed by atoms with E-state index in [9.17, 15) is 13.2 Å². The smallest absolute Gasteiger partial charge is 0.232 e. The molecule has 2 heterocycles. The average molecular weight is 393 g/mol. The third-order valence-electron chi connectivity index (χ3n) is 4.69. The van der Waals surface area contributed by atoms with Crippen molar-refractivity contribution >= 4 is 33.3 Å². The molecule has 0 bridgehead atoms. The van der Waals surface area contributed by atoms with E-state index in [1.54, 1.807) is 18.5 Å². The van der Waals surface area contributed by atoms with Crippen LogP contribution in [0.4, 0.5) is 5.69 Å². The van der Waals surface area contributed by atoms with Gasteiger partial charge in [-0.1, -0.05) is 11.8 Å². The first-order valence-electron chi connectivity index (χ1n) is 8.59. The number of rotatable bonds is 6. The number of hydrogen-bond acceptors (Lipinski definition) is 6. The van der Waals surface area contributed by atoms with Gasteiger partial charge in [-0.05, 0) is 49.4 Å². The molecule has 0 amide bonds. The van der Waals surface area contributed by atoms with E-state index < -0.39 is 10.0 Å². The van der Waals surface area contributed by atoms with Gasteiger partial charge >= 0.3 is 0 Å². The second kappa shape index (κ2) is 6.70. The maximum absolute atomic E-state index is 12.6. The van der Waals surface area contributed by atoms with E-state index in [4.69, 9.17) is 0 Å². The van der Waals surface area contributed by atoms with Crippen molar-refractivity contribution in [2.45, 2.75) is 36.9 Å². The molecule has 9 heteroatoms. The first kappa shape index (κ1) is 17.5. The Balaban J connectivity index is 1.49. The van der Waals surface area contributed by atoms with Gasteiger partial charge in [-0.15, -0.1) is 10.2 Å². The molecule has 2 aliphatic rings. The number of aryl methyl sites for hydroxylation is 1. The van der Waals surface area contributed by atoms with Crippen LogP contribution in [-0.2, 0) is 16.4 Å². The second-order valence-electron chi connectivity index (χ2n) is 6.75. The van der Waals surface area contributed by atoms with Crippen molar-refractivity contribution < 1.29 is 13.2 Å². The summed E-state index contributed by atoms with van der Waals surface area (Å²) in [6.45, 7) is 0.492. The number of carbonyl (C=O) groups is 1. The Morgan fingerprint density at radius 2 is 2.15 bits per heavy atom. The van der Waals surface area contributed by atoms with Gasteiger partial charge in [-0.25, -0.2) is 8.42 Å². The zero-order valence-corrected chi connectivity index (χ0v) is 16.1. The van der Waals surface area contributed by atoms with E-state index in [0.29, 0.717) is 29.6 Å². The third-order valence-corrected chi connectivity index (χ3v) is 6.83. The van der Waals surface area contributed by atoms with Gasteiger partial charge in [0, 0.05) is 18.2 Å². The lowest BCUT2D eigenvalue weighted by atomic mass is 9.99. The number of hydrogen-bond donors (Lipinski definition) is 0. The number of benzene rings is 1. The molecule has 1 aromatic carbocycles. The minimum absolute atomic E-state index is 0.0135. The van der Waals surface area contributed by atoms with Crippen molar-refractivity contribution in [1.82, 2.24) is 14.8 Å². The predicted octanol–water partition coefficient (Wildman–Crippen LogP) is 2.30. The van der Waals surface area contributed by atoms with Crippen LogP contribution in [0.25, 0.3) is 0 Å². The van der Waals surface area contributed by atoms with Crippen molar-refractivity contribution in [2.24, 2.45) is 0 Å². The molecule has 1 fully saturated rings. The number of nitrogens with zero attached hydrogens (tertiary/aromatic N) is 4. The van der Waals surface area contributed by atoms with Crippen molar-refractivity contribution in [3.63, 3.8) is 0 Å². The van der Waals surface area contributed by atoms with E-state index >= 15 is 0 Å². The maximum Gasteiger partial charge on any atom is 0.232 e. The molecule has 2 aromatic rings. The van der Waals surface area contributed by atoms with Crippen LogP contribution in [0.5, 0.6) is 0 Å². The first-order valence-corrected chi connectivity index (χ1v) is 11.4. The number of thioether (sulfide) groups is 1. The highest BCUT2D eigenvalue weighted by Gasteiger charge is 2.27. The van der Waals surface area contributed by atoms with Crippen LogP contribution in [-0.4, -0.2) is 47.5 Å². The van der Waals surface area contributed by atoms with Crippen LogP contribution < -0.4 is 4.31 Å². The van der Waals surface area contributed by atoms with E-state index in [2.05, 4.69) is 10.2 Å². The lowest BCUT2D eigenvalue weighted by molar-refractivity contribution is 0.102. The molecule has 1 aliphatic heterocycles. The lowest BCUT2D eigenvalue weighted by Crippen LogP contribution is -2.34. The third kappa shape index (κ3) is 3.50. The molecule has 0 N–H and O–H groups in total. The molecule has 1 aromatic heterocycles. The summed E-state index contributed by atoms with van der Waals surface area (Å²) in [6.07, 6.45) is 6.77. The molecule has 138 valence electrons. The SMILES string of the molecule is CS(=O)(=O)N1CCCc2cc(C(=O)CSc3nncn3C3CC3)ccc21. The van der Waals surface area contributed by atoms with E-state index in [0.717, 1.165) is 36.4 Å². The summed E-state index contributed by atoms with van der Waals surface area (Å²) in [5, 5.41) is 8.82. The number of fused-ring (bicyclic) bond motifs is 1. The molecular formula is C17H20N4O3S2. The zero-order valence-electron chi connectivity index (χ0n) is 14.5. The summed E-state index contributed by atoms with van der Waals surface area (Å²) in [6, 6.07) is 5.78. The van der Waals surface area contributed by atoms with Crippen molar-refractivity contribution in [1.29, 1.82) is 0 Å². The Bertz CT molecular complexity index is 951. The van der Waals surface area contributed by atoms with Gasteiger partial charge in [-0.2, -0.15) is 0 Å². The van der Waals surface area contributed by atoms with Crippen LogP contribution in [0.2, 0.25) is 0 Å². The molecule has 1 saturated carbocycles. The fourth-order valence-electron chi connectivity index (χ4n) is 3.23. The summed E-state index contributed by atoms with van der Waals surface area (Å²) >= 11 is 1.40. The Kier molecular flexibility index (Phi) is 4.52. The molecule has 4 rings (SSSR count). The summed E-state index contributed by atoms with van der Waals surface area (Å²) in [7, 11) is -3.29. The highest BCUT2D eigenvalue weighted by Crippen LogP contribution is 2.37. The van der Waals surface area contributed by atoms with E-state index in [1.165, 1.54) is 22.3 Å². The molecule has 0 spiro atoms. The molecule has 1 aliphatic carbocycles. The monoisotopic (exact) mass is 392 g/mol. The number of aromatic nitrogens is 3. The van der Waals surface area contributed by atoms with Crippen molar-refractivity contribution in [3.05, 3.63) is 35.7 Å². The number of carbonyl (C=O) groups excluding carboxylic acids is 1. The van der Waals surface area contributed by atoms with Gasteiger partial charge in [0.25, 0.3) is 0 Å². The summed E-state index contributed by atoms with van der Waals surface area (Å²) in [4.78, 5) is 12.6.